The van der Waals surface area contributed by atoms with Crippen molar-refractivity contribution in [3.8, 4) is 11.5 Å². The summed E-state index contributed by atoms with van der Waals surface area (Å²) in [5.74, 6) is -2.03. The Kier molecular flexibility index (Phi) is 12.8. The van der Waals surface area contributed by atoms with Crippen molar-refractivity contribution in [1.82, 2.24) is 0 Å². The monoisotopic (exact) mass is 490 g/mol. The molecule has 2 unspecified atom stereocenters. The topological polar surface area (TPSA) is 156 Å². The van der Waals surface area contributed by atoms with Gasteiger partial charge in [0.25, 0.3) is 0 Å². The second-order valence-electron chi connectivity index (χ2n) is 7.96. The van der Waals surface area contributed by atoms with E-state index in [4.69, 9.17) is 9.84 Å². The third-order valence-corrected chi connectivity index (χ3v) is 5.27. The summed E-state index contributed by atoms with van der Waals surface area (Å²) < 4.78 is 5.76. The molecule has 10 heteroatoms. The molecule has 2 aromatic rings. The lowest BCUT2D eigenvalue weighted by molar-refractivity contribution is -0.922. The van der Waals surface area contributed by atoms with Gasteiger partial charge in [-0.1, -0.05) is 13.5 Å². The summed E-state index contributed by atoms with van der Waals surface area (Å²) in [5, 5.41) is 40.1. The number of methoxy groups -OCH3 is 1. The quantitative estimate of drug-likeness (QED) is 0.170. The maximum Gasteiger partial charge on any atom is 0.328 e. The Hall–Kier alpha value is -3.89. The smallest absolute Gasteiger partial charge is 0.328 e. The lowest BCUT2D eigenvalue weighted by Gasteiger charge is -2.38. The van der Waals surface area contributed by atoms with Crippen LogP contribution in [0.1, 0.15) is 37.6 Å². The first-order valence-electron chi connectivity index (χ1n) is 10.2. The molecular weight excluding hydrogens is 456 g/mol. The Bertz CT molecular complexity index is 987. The number of carbonyl (C=O) groups is 3. The molecule has 2 rings (SSSR count). The van der Waals surface area contributed by atoms with Crippen LogP contribution in [0.4, 0.5) is 5.69 Å². The van der Waals surface area contributed by atoms with E-state index in [0.717, 1.165) is 11.3 Å². The van der Waals surface area contributed by atoms with Crippen molar-refractivity contribution >= 4 is 24.0 Å². The maximum atomic E-state index is 10.7. The Morgan fingerprint density at radius 3 is 2.14 bits per heavy atom. The number of likely N-dealkylation sites (N-methyl/N-ethyl adjacent to an activating group) is 1. The molecule has 0 aromatic heterocycles. The molecule has 1 amide bonds. The van der Waals surface area contributed by atoms with Crippen molar-refractivity contribution in [1.29, 1.82) is 0 Å². The number of nitrogens with zero attached hydrogens (tertiary/aromatic N) is 1. The fourth-order valence-corrected chi connectivity index (χ4v) is 3.07. The molecule has 0 saturated heterocycles. The molecule has 35 heavy (non-hydrogen) atoms. The molecule has 2 atom stereocenters. The largest absolute Gasteiger partial charge is 0.545 e. The summed E-state index contributed by atoms with van der Waals surface area (Å²) in [6.45, 7) is 2.59. The fraction of sp³-hybridized carbons (Fsp3) is 0.320. The van der Waals surface area contributed by atoms with Crippen LogP contribution in [0.3, 0.4) is 0 Å². The van der Waals surface area contributed by atoms with E-state index in [-0.39, 0.29) is 24.9 Å². The number of hydrogen-bond donors (Lipinski definition) is 4. The zero-order valence-corrected chi connectivity index (χ0v) is 19.5. The minimum atomic E-state index is -1.51. The van der Waals surface area contributed by atoms with Gasteiger partial charge in [-0.3, -0.25) is 4.79 Å². The summed E-state index contributed by atoms with van der Waals surface area (Å²) in [6, 6.07) is 12.8. The number of nitrogens with one attached hydrogen (secondary N) is 1. The van der Waals surface area contributed by atoms with Crippen LogP contribution in [0.2, 0.25) is 0 Å². The Balaban J connectivity index is 0.00000111. The van der Waals surface area contributed by atoms with Gasteiger partial charge in [0.1, 0.15) is 30.2 Å². The summed E-state index contributed by atoms with van der Waals surface area (Å²) in [5.41, 5.74) is 2.07. The average molecular weight is 491 g/mol. The van der Waals surface area contributed by atoms with Crippen LogP contribution in [-0.2, 0) is 14.4 Å². The molecule has 0 aliphatic heterocycles. The third kappa shape index (κ3) is 10.3. The predicted octanol–water partition coefficient (Wildman–Crippen LogP) is 1.85. The number of ether oxygens (including phenoxy) is 1. The molecule has 4 N–H and O–H groups in total. The van der Waals surface area contributed by atoms with Crippen LogP contribution >= 0.6 is 0 Å². The van der Waals surface area contributed by atoms with E-state index in [0.29, 0.717) is 35.2 Å². The van der Waals surface area contributed by atoms with E-state index in [1.165, 1.54) is 6.07 Å². The standard InChI is InChI=1S/C20H26N2O4.C4H4O4.CH4/c1-14(15-5-8-17(26-4)9-6-15)22(2,3)12-20(25)16-7-10-19(24)18(11-16)21-13-23;5-3(6)1-2-4(7)8;/h5-11,13-14,20,25H,12H2,1-4H3,(H-,21,23,24);1-2H,(H,5,6)(H,7,8);1H4. The molecule has 0 aliphatic carbocycles. The Morgan fingerprint density at radius 2 is 1.69 bits per heavy atom. The maximum absolute atomic E-state index is 10.7. The van der Waals surface area contributed by atoms with Gasteiger partial charge in [-0.25, -0.2) is 4.79 Å². The molecule has 0 fully saturated rings. The van der Waals surface area contributed by atoms with Gasteiger partial charge in [0.05, 0.1) is 32.9 Å². The predicted molar refractivity (Wildman–Crippen MR) is 130 cm³/mol. The number of hydrogen-bond acceptors (Lipinski definition) is 7. The highest BCUT2D eigenvalue weighted by Gasteiger charge is 2.29. The van der Waals surface area contributed by atoms with Crippen LogP contribution in [0.15, 0.2) is 54.6 Å². The van der Waals surface area contributed by atoms with E-state index in [2.05, 4.69) is 26.3 Å². The molecule has 0 bridgehead atoms. The number of rotatable bonds is 10. The van der Waals surface area contributed by atoms with Crippen molar-refractivity contribution in [2.75, 3.05) is 33.1 Å². The van der Waals surface area contributed by atoms with E-state index < -0.39 is 18.0 Å². The molecule has 0 radical (unpaired) electrons. The lowest BCUT2D eigenvalue weighted by Crippen LogP contribution is -2.44. The summed E-state index contributed by atoms with van der Waals surface area (Å²) in [6.07, 6.45) is 0.702. The first kappa shape index (κ1) is 31.1. The van der Waals surface area contributed by atoms with E-state index in [1.54, 1.807) is 19.2 Å². The number of carboxylic acids is 2. The van der Waals surface area contributed by atoms with Crippen molar-refractivity contribution in [2.45, 2.75) is 26.5 Å². The van der Waals surface area contributed by atoms with Gasteiger partial charge in [-0.05, 0) is 55.0 Å². The number of carboxylic acid groups (broad SMARTS) is 2. The molecule has 0 heterocycles. The number of phenols is 1. The van der Waals surface area contributed by atoms with Crippen molar-refractivity contribution in [3.63, 3.8) is 0 Å². The number of amides is 1. The molecule has 0 aliphatic rings. The van der Waals surface area contributed by atoms with E-state index in [9.17, 15) is 29.7 Å². The van der Waals surface area contributed by atoms with Gasteiger partial charge >= 0.3 is 5.97 Å². The minimum Gasteiger partial charge on any atom is -0.545 e. The van der Waals surface area contributed by atoms with Crippen LogP contribution in [0, 0.1) is 0 Å². The summed E-state index contributed by atoms with van der Waals surface area (Å²) in [4.78, 5) is 29.6. The number of anilines is 1. The molecule has 2 aromatic carbocycles. The van der Waals surface area contributed by atoms with Crippen LogP contribution in [-0.4, -0.2) is 65.9 Å². The number of aliphatic hydroxyl groups is 1. The fourth-order valence-electron chi connectivity index (χ4n) is 3.07. The lowest BCUT2D eigenvalue weighted by atomic mass is 10.0. The van der Waals surface area contributed by atoms with Crippen LogP contribution < -0.4 is 15.2 Å². The van der Waals surface area contributed by atoms with Crippen molar-refractivity contribution in [2.24, 2.45) is 0 Å². The summed E-state index contributed by atoms with van der Waals surface area (Å²) >= 11 is 0. The minimum absolute atomic E-state index is 0. The normalized spacial score (nSPS) is 12.4. The highest BCUT2D eigenvalue weighted by Crippen LogP contribution is 2.31. The number of phenolic OH excluding ortho intramolecular Hbond substituents is 1. The van der Waals surface area contributed by atoms with Gasteiger partial charge in [0.2, 0.25) is 6.41 Å². The van der Waals surface area contributed by atoms with Crippen LogP contribution in [0.5, 0.6) is 11.5 Å². The average Bonchev–Trinajstić information content (AvgIpc) is 2.79. The van der Waals surface area contributed by atoms with Crippen molar-refractivity contribution in [3.05, 3.63) is 65.7 Å². The number of carbonyl (C=O) groups excluding carboxylic acids is 2. The SMILES string of the molecule is C.COc1ccc(C(C)[N+](C)(C)CC(O)c2ccc(O)c(NC=O)c2)cc1.O=C([O-])C=CC(=O)O. The number of aliphatic hydroxyl groups excluding tert-OH is 1. The zero-order chi connectivity index (χ0) is 25.9. The van der Waals surface area contributed by atoms with Gasteiger partial charge in [0.15, 0.2) is 0 Å². The van der Waals surface area contributed by atoms with Gasteiger partial charge in [-0.15, -0.1) is 0 Å². The number of benzene rings is 2. The van der Waals surface area contributed by atoms with E-state index in [1.807, 2.05) is 24.3 Å². The number of aliphatic carboxylic acids is 2. The highest BCUT2D eigenvalue weighted by atomic mass is 16.5. The Morgan fingerprint density at radius 1 is 1.11 bits per heavy atom. The second-order valence-corrected chi connectivity index (χ2v) is 7.96. The molecule has 10 nitrogen and oxygen atoms in total. The number of aromatic hydroxyl groups is 1. The molecular formula is C25H34N2O8. The number of quaternary nitrogens is 1. The molecule has 0 saturated carbocycles. The van der Waals surface area contributed by atoms with Crippen LogP contribution in [0.25, 0.3) is 0 Å². The zero-order valence-electron chi connectivity index (χ0n) is 19.5. The third-order valence-electron chi connectivity index (χ3n) is 5.27. The van der Waals surface area contributed by atoms with E-state index >= 15 is 0 Å². The highest BCUT2D eigenvalue weighted by molar-refractivity contribution is 5.88. The summed E-state index contributed by atoms with van der Waals surface area (Å²) in [7, 11) is 5.76. The first-order chi connectivity index (χ1) is 15.9. The first-order valence-corrected chi connectivity index (χ1v) is 10.2. The van der Waals surface area contributed by atoms with Gasteiger partial charge in [0, 0.05) is 11.6 Å². The Labute approximate surface area is 205 Å². The van der Waals surface area contributed by atoms with Gasteiger partial charge in [-0.2, -0.15) is 0 Å². The van der Waals surface area contributed by atoms with Crippen molar-refractivity contribution < 1.29 is 44.0 Å². The second kappa shape index (κ2) is 14.4. The molecule has 0 spiro atoms. The van der Waals surface area contributed by atoms with Gasteiger partial charge < -0.3 is 39.8 Å². The molecule has 192 valence electrons.